The number of rotatable bonds is 5. The molecule has 0 unspecified atom stereocenters. The van der Waals surface area contributed by atoms with E-state index in [0.717, 1.165) is 11.1 Å². The molecule has 1 aliphatic rings. The molecule has 0 spiro atoms. The zero-order valence-corrected chi connectivity index (χ0v) is 15.5. The first-order chi connectivity index (χ1) is 13.7. The van der Waals surface area contributed by atoms with Gasteiger partial charge in [0.1, 0.15) is 11.8 Å². The van der Waals surface area contributed by atoms with Gasteiger partial charge in [0.2, 0.25) is 0 Å². The van der Waals surface area contributed by atoms with Crippen LogP contribution >= 0.6 is 0 Å². The fourth-order valence-corrected chi connectivity index (χ4v) is 3.51. The van der Waals surface area contributed by atoms with Gasteiger partial charge in [-0.05, 0) is 29.3 Å². The second-order valence-electron chi connectivity index (χ2n) is 6.62. The number of hydrogen-bond donors (Lipinski definition) is 1. The molecule has 0 bridgehead atoms. The third kappa shape index (κ3) is 3.34. The molecule has 5 nitrogen and oxygen atoms in total. The van der Waals surface area contributed by atoms with Crippen molar-refractivity contribution in [3.63, 3.8) is 0 Å². The SMILES string of the molecule is COc1cccc(NC(=O)[C@H](c2ccccc2)N2Cc3ccccc3C2=O)c1. The van der Waals surface area contributed by atoms with E-state index in [-0.39, 0.29) is 11.8 Å². The van der Waals surface area contributed by atoms with E-state index in [1.165, 1.54) is 0 Å². The van der Waals surface area contributed by atoms with E-state index in [1.54, 1.807) is 30.2 Å². The van der Waals surface area contributed by atoms with Gasteiger partial charge >= 0.3 is 0 Å². The van der Waals surface area contributed by atoms with Gasteiger partial charge in [-0.15, -0.1) is 0 Å². The van der Waals surface area contributed by atoms with Crippen molar-refractivity contribution in [3.05, 3.63) is 95.6 Å². The monoisotopic (exact) mass is 372 g/mol. The lowest BCUT2D eigenvalue weighted by atomic mass is 10.0. The van der Waals surface area contributed by atoms with Gasteiger partial charge in [-0.1, -0.05) is 54.6 Å². The Balaban J connectivity index is 1.67. The number of carbonyl (C=O) groups excluding carboxylic acids is 2. The van der Waals surface area contributed by atoms with Gasteiger partial charge < -0.3 is 15.0 Å². The molecule has 0 fully saturated rings. The number of benzene rings is 3. The Labute approximate surface area is 163 Å². The minimum Gasteiger partial charge on any atom is -0.497 e. The lowest BCUT2D eigenvalue weighted by molar-refractivity contribution is -0.120. The summed E-state index contributed by atoms with van der Waals surface area (Å²) in [6, 6.07) is 23.3. The van der Waals surface area contributed by atoms with Crippen LogP contribution in [0.15, 0.2) is 78.9 Å². The molecule has 5 heteroatoms. The molecular weight excluding hydrogens is 352 g/mol. The Hall–Kier alpha value is -3.60. The van der Waals surface area contributed by atoms with Crippen LogP contribution in [-0.4, -0.2) is 23.8 Å². The average molecular weight is 372 g/mol. The molecule has 0 saturated carbocycles. The minimum absolute atomic E-state index is 0.134. The molecule has 2 amide bonds. The molecule has 0 radical (unpaired) electrons. The van der Waals surface area contributed by atoms with Gasteiger partial charge in [0.05, 0.1) is 7.11 Å². The van der Waals surface area contributed by atoms with Crippen LogP contribution in [-0.2, 0) is 11.3 Å². The summed E-state index contributed by atoms with van der Waals surface area (Å²) in [5, 5.41) is 2.93. The number of anilines is 1. The van der Waals surface area contributed by atoms with Gasteiger partial charge in [0.25, 0.3) is 11.8 Å². The van der Waals surface area contributed by atoms with E-state index >= 15 is 0 Å². The molecule has 0 saturated heterocycles. The third-order valence-electron chi connectivity index (χ3n) is 4.86. The molecule has 1 aliphatic heterocycles. The number of methoxy groups -OCH3 is 1. The summed E-state index contributed by atoms with van der Waals surface area (Å²) in [5.41, 5.74) is 2.97. The van der Waals surface area contributed by atoms with Crippen LogP contribution in [0.5, 0.6) is 5.75 Å². The maximum Gasteiger partial charge on any atom is 0.255 e. The highest BCUT2D eigenvalue weighted by Crippen LogP contribution is 2.32. The normalized spacial score (nSPS) is 13.8. The third-order valence-corrected chi connectivity index (χ3v) is 4.86. The summed E-state index contributed by atoms with van der Waals surface area (Å²) in [7, 11) is 1.58. The minimum atomic E-state index is -0.729. The maximum absolute atomic E-state index is 13.3. The number of nitrogens with one attached hydrogen (secondary N) is 1. The summed E-state index contributed by atoms with van der Waals surface area (Å²) in [4.78, 5) is 27.9. The molecule has 140 valence electrons. The molecule has 4 rings (SSSR count). The zero-order valence-electron chi connectivity index (χ0n) is 15.5. The summed E-state index contributed by atoms with van der Waals surface area (Å²) >= 11 is 0. The molecule has 1 atom stereocenters. The van der Waals surface area contributed by atoms with Crippen molar-refractivity contribution in [3.8, 4) is 5.75 Å². The Morgan fingerprint density at radius 1 is 1.00 bits per heavy atom. The van der Waals surface area contributed by atoms with Crippen molar-refractivity contribution in [1.29, 1.82) is 0 Å². The summed E-state index contributed by atoms with van der Waals surface area (Å²) in [6.45, 7) is 0.403. The van der Waals surface area contributed by atoms with E-state index in [9.17, 15) is 9.59 Å². The highest BCUT2D eigenvalue weighted by Gasteiger charge is 2.37. The lowest BCUT2D eigenvalue weighted by Gasteiger charge is -2.27. The quantitative estimate of drug-likeness (QED) is 0.736. The van der Waals surface area contributed by atoms with Crippen molar-refractivity contribution < 1.29 is 14.3 Å². The number of hydrogen-bond acceptors (Lipinski definition) is 3. The van der Waals surface area contributed by atoms with E-state index in [4.69, 9.17) is 4.74 Å². The molecule has 0 aliphatic carbocycles. The van der Waals surface area contributed by atoms with Gasteiger partial charge in [0.15, 0.2) is 0 Å². The first-order valence-electron chi connectivity index (χ1n) is 9.06. The Bertz CT molecular complexity index is 1020. The standard InChI is InChI=1S/C23H20N2O3/c1-28-19-12-7-11-18(14-19)24-22(26)21(16-8-3-2-4-9-16)25-15-17-10-5-6-13-20(17)23(25)27/h2-14,21H,15H2,1H3,(H,24,26)/t21-/m0/s1. The fourth-order valence-electron chi connectivity index (χ4n) is 3.51. The number of carbonyl (C=O) groups is 2. The molecule has 1 heterocycles. The van der Waals surface area contributed by atoms with Crippen LogP contribution in [0, 0.1) is 0 Å². The van der Waals surface area contributed by atoms with E-state index in [0.29, 0.717) is 23.5 Å². The molecule has 3 aromatic carbocycles. The summed E-state index contributed by atoms with van der Waals surface area (Å²) in [6.07, 6.45) is 0. The smallest absolute Gasteiger partial charge is 0.255 e. The lowest BCUT2D eigenvalue weighted by Crippen LogP contribution is -2.37. The molecule has 3 aromatic rings. The van der Waals surface area contributed by atoms with Crippen molar-refractivity contribution in [2.24, 2.45) is 0 Å². The Morgan fingerprint density at radius 3 is 2.50 bits per heavy atom. The van der Waals surface area contributed by atoms with Crippen LogP contribution < -0.4 is 10.1 Å². The average Bonchev–Trinajstić information content (AvgIpc) is 3.05. The first-order valence-corrected chi connectivity index (χ1v) is 9.06. The van der Waals surface area contributed by atoms with Gasteiger partial charge in [-0.2, -0.15) is 0 Å². The number of ether oxygens (including phenoxy) is 1. The van der Waals surface area contributed by atoms with Crippen molar-refractivity contribution in [2.45, 2.75) is 12.6 Å². The van der Waals surface area contributed by atoms with Gasteiger partial charge in [-0.3, -0.25) is 9.59 Å². The number of amides is 2. The fraction of sp³-hybridized carbons (Fsp3) is 0.130. The second kappa shape index (κ2) is 7.56. The second-order valence-corrected chi connectivity index (χ2v) is 6.62. The van der Waals surface area contributed by atoms with Crippen molar-refractivity contribution in [2.75, 3.05) is 12.4 Å². The van der Waals surface area contributed by atoms with Gasteiger partial charge in [0, 0.05) is 23.9 Å². The van der Waals surface area contributed by atoms with Crippen LogP contribution in [0.2, 0.25) is 0 Å². The summed E-state index contributed by atoms with van der Waals surface area (Å²) in [5.74, 6) is 0.254. The number of nitrogens with zero attached hydrogens (tertiary/aromatic N) is 1. The summed E-state index contributed by atoms with van der Waals surface area (Å²) < 4.78 is 5.22. The topological polar surface area (TPSA) is 58.6 Å². The highest BCUT2D eigenvalue weighted by atomic mass is 16.5. The van der Waals surface area contributed by atoms with E-state index < -0.39 is 6.04 Å². The predicted octanol–water partition coefficient (Wildman–Crippen LogP) is 4.03. The van der Waals surface area contributed by atoms with Crippen molar-refractivity contribution in [1.82, 2.24) is 4.90 Å². The molecule has 0 aromatic heterocycles. The first kappa shape index (κ1) is 17.8. The molecule has 28 heavy (non-hydrogen) atoms. The molecule has 1 N–H and O–H groups in total. The highest BCUT2D eigenvalue weighted by molar-refractivity contribution is 6.04. The maximum atomic E-state index is 13.3. The van der Waals surface area contributed by atoms with Crippen LogP contribution in [0.1, 0.15) is 27.5 Å². The van der Waals surface area contributed by atoms with E-state index in [1.807, 2.05) is 60.7 Å². The molecular formula is C23H20N2O3. The number of fused-ring (bicyclic) bond motifs is 1. The Kier molecular flexibility index (Phi) is 4.81. The van der Waals surface area contributed by atoms with Crippen molar-refractivity contribution >= 4 is 17.5 Å². The van der Waals surface area contributed by atoms with Gasteiger partial charge in [-0.25, -0.2) is 0 Å². The largest absolute Gasteiger partial charge is 0.497 e. The Morgan fingerprint density at radius 2 is 1.75 bits per heavy atom. The zero-order chi connectivity index (χ0) is 19.5. The van der Waals surface area contributed by atoms with Crippen LogP contribution in [0.25, 0.3) is 0 Å². The predicted molar refractivity (Wildman–Crippen MR) is 107 cm³/mol. The van der Waals surface area contributed by atoms with Crippen LogP contribution in [0.4, 0.5) is 5.69 Å². The van der Waals surface area contributed by atoms with E-state index in [2.05, 4.69) is 5.32 Å². The van der Waals surface area contributed by atoms with Crippen LogP contribution in [0.3, 0.4) is 0 Å².